The number of allylic oxidation sites excluding steroid dienone is 1. The van der Waals surface area contributed by atoms with E-state index in [1.165, 1.54) is 24.1 Å². The fourth-order valence-electron chi connectivity index (χ4n) is 6.29. The Morgan fingerprint density at radius 1 is 1.11 bits per heavy atom. The van der Waals surface area contributed by atoms with E-state index in [9.17, 15) is 24.6 Å². The number of hydrogen-bond donors (Lipinski definition) is 3. The van der Waals surface area contributed by atoms with Crippen molar-refractivity contribution in [1.82, 2.24) is 25.1 Å². The van der Waals surface area contributed by atoms with E-state index in [1.807, 2.05) is 42.5 Å². The molecule has 2 aliphatic carbocycles. The number of aliphatic hydroxyl groups excluding tert-OH is 2. The maximum atomic E-state index is 14.3. The summed E-state index contributed by atoms with van der Waals surface area (Å²) < 4.78 is 11.0. The molecule has 2 aliphatic heterocycles. The molecule has 0 aromatic heterocycles. The summed E-state index contributed by atoms with van der Waals surface area (Å²) in [6, 6.07) is 8.21. The Labute approximate surface area is 263 Å². The number of ether oxygens (including phenoxy) is 2. The van der Waals surface area contributed by atoms with E-state index >= 15 is 0 Å². The second-order valence-electron chi connectivity index (χ2n) is 11.4. The number of hydrazine groups is 1. The number of carbonyl (C=O) groups excluding carboxylic acids is 3. The first kappa shape index (κ1) is 32.0. The predicted octanol–water partition coefficient (Wildman–Crippen LogP) is 1.81. The number of carbonyl (C=O) groups is 3. The first-order valence-corrected chi connectivity index (χ1v) is 15.1. The van der Waals surface area contributed by atoms with Gasteiger partial charge in [-0.1, -0.05) is 60.7 Å². The Kier molecular flexibility index (Phi) is 10.1. The molecule has 5 rings (SSSR count). The Hall–Kier alpha value is -4.39. The summed E-state index contributed by atoms with van der Waals surface area (Å²) in [4.78, 5) is 45.1. The Morgan fingerprint density at radius 3 is 2.56 bits per heavy atom. The number of methoxy groups -OCH3 is 2. The summed E-state index contributed by atoms with van der Waals surface area (Å²) in [5, 5.41) is 26.6. The van der Waals surface area contributed by atoms with Gasteiger partial charge in [0.2, 0.25) is 11.8 Å². The topological polar surface area (TPSA) is 135 Å². The van der Waals surface area contributed by atoms with Crippen LogP contribution in [0, 0.1) is 0 Å². The number of urea groups is 1. The zero-order valence-electron chi connectivity index (χ0n) is 25.7. The van der Waals surface area contributed by atoms with E-state index in [2.05, 4.69) is 11.9 Å². The molecule has 0 spiro atoms. The third-order valence-corrected chi connectivity index (χ3v) is 8.44. The van der Waals surface area contributed by atoms with Crippen molar-refractivity contribution < 1.29 is 34.1 Å². The van der Waals surface area contributed by atoms with Gasteiger partial charge >= 0.3 is 6.03 Å². The molecular formula is C33H41N5O7. The molecule has 2 saturated heterocycles. The number of piperazine rings is 1. The van der Waals surface area contributed by atoms with E-state index in [0.29, 0.717) is 17.8 Å². The first-order valence-electron chi connectivity index (χ1n) is 15.1. The minimum Gasteiger partial charge on any atom is -0.494 e. The standard InChI is InChI=1S/C33H41N5O7/c1-4-16-36-21-29(41)37-26(17-22-10-13-25(39)14-11-22)32(42)35(19-24-12-15-27(40)31(45-3)30(24)44-2)20-28(37)38(36)33(43)34-18-23-8-6-5-7-9-23/h4-13,25-28,39-40H,1,14-21H2,2-3H3,(H,34,43)/t25?,26-,27?,28-/m0/s1. The number of aliphatic hydroxyl groups is 2. The van der Waals surface area contributed by atoms with E-state index < -0.39 is 30.4 Å². The number of nitrogens with zero attached hydrogens (tertiary/aromatic N) is 4. The summed E-state index contributed by atoms with van der Waals surface area (Å²) in [6.07, 6.45) is 7.39. The van der Waals surface area contributed by atoms with Gasteiger partial charge in [0.15, 0.2) is 11.5 Å². The molecule has 4 atom stereocenters. The summed E-state index contributed by atoms with van der Waals surface area (Å²) >= 11 is 0. The maximum Gasteiger partial charge on any atom is 0.334 e. The zero-order chi connectivity index (χ0) is 32.1. The highest BCUT2D eigenvalue weighted by Gasteiger charge is 2.51. The number of hydrogen-bond acceptors (Lipinski definition) is 8. The van der Waals surface area contributed by atoms with Gasteiger partial charge in [-0.15, -0.1) is 6.58 Å². The highest BCUT2D eigenvalue weighted by molar-refractivity contribution is 5.92. The van der Waals surface area contributed by atoms with Crippen molar-refractivity contribution in [3.63, 3.8) is 0 Å². The number of amides is 4. The largest absolute Gasteiger partial charge is 0.494 e. The molecule has 4 amide bonds. The molecule has 1 aromatic carbocycles. The van der Waals surface area contributed by atoms with Crippen LogP contribution >= 0.6 is 0 Å². The lowest BCUT2D eigenvalue weighted by molar-refractivity contribution is -0.188. The molecule has 0 radical (unpaired) electrons. The lowest BCUT2D eigenvalue weighted by Gasteiger charge is -2.55. The van der Waals surface area contributed by atoms with Gasteiger partial charge in [0.1, 0.15) is 18.3 Å². The lowest BCUT2D eigenvalue weighted by atomic mass is 9.94. The summed E-state index contributed by atoms with van der Waals surface area (Å²) in [5.74, 6) is 0.0795. The zero-order valence-corrected chi connectivity index (χ0v) is 25.7. The lowest BCUT2D eigenvalue weighted by Crippen LogP contribution is -2.76. The van der Waals surface area contributed by atoms with Gasteiger partial charge in [-0.25, -0.2) is 14.8 Å². The summed E-state index contributed by atoms with van der Waals surface area (Å²) in [6.45, 7) is 4.41. The van der Waals surface area contributed by atoms with Crippen LogP contribution in [0.5, 0.6) is 0 Å². The van der Waals surface area contributed by atoms with E-state index in [4.69, 9.17) is 9.47 Å². The fourth-order valence-corrected chi connectivity index (χ4v) is 6.29. The summed E-state index contributed by atoms with van der Waals surface area (Å²) in [5.41, 5.74) is 2.40. The molecule has 0 saturated carbocycles. The molecule has 3 N–H and O–H groups in total. The van der Waals surface area contributed by atoms with Crippen LogP contribution < -0.4 is 5.32 Å². The van der Waals surface area contributed by atoms with Crippen molar-refractivity contribution in [2.45, 2.75) is 50.2 Å². The average Bonchev–Trinajstić information content (AvgIpc) is 3.04. The molecule has 12 nitrogen and oxygen atoms in total. The molecule has 2 heterocycles. The van der Waals surface area contributed by atoms with E-state index in [0.717, 1.165) is 11.1 Å². The van der Waals surface area contributed by atoms with Gasteiger partial charge in [0.25, 0.3) is 0 Å². The summed E-state index contributed by atoms with van der Waals surface area (Å²) in [7, 11) is 2.93. The van der Waals surface area contributed by atoms with Gasteiger partial charge in [0.05, 0.1) is 33.4 Å². The Bertz CT molecular complexity index is 1420. The molecule has 12 heteroatoms. The van der Waals surface area contributed by atoms with Gasteiger partial charge in [0, 0.05) is 31.6 Å². The molecule has 240 valence electrons. The minimum atomic E-state index is -0.899. The molecule has 2 unspecified atom stereocenters. The van der Waals surface area contributed by atoms with Crippen LogP contribution in [0.2, 0.25) is 0 Å². The number of fused-ring (bicyclic) bond motifs is 1. The Morgan fingerprint density at radius 2 is 1.89 bits per heavy atom. The third kappa shape index (κ3) is 6.82. The van der Waals surface area contributed by atoms with Gasteiger partial charge in [-0.05, 0) is 24.0 Å². The molecule has 4 aliphatic rings. The van der Waals surface area contributed by atoms with Crippen LogP contribution in [0.3, 0.4) is 0 Å². The SMILES string of the molecule is C=CCN1CC(=O)N2[C@@H](CC3=CCC(O)C=C3)C(=O)N(CC3=CCC(O)C(OC)=C3OC)C[C@@H]2N1C(=O)NCc1ccccc1. The quantitative estimate of drug-likeness (QED) is 0.338. The molecule has 45 heavy (non-hydrogen) atoms. The molecule has 0 bridgehead atoms. The number of benzene rings is 1. The third-order valence-electron chi connectivity index (χ3n) is 8.44. The van der Waals surface area contributed by atoms with Crippen molar-refractivity contribution in [1.29, 1.82) is 0 Å². The predicted molar refractivity (Wildman–Crippen MR) is 166 cm³/mol. The number of nitrogens with one attached hydrogen (secondary N) is 1. The highest BCUT2D eigenvalue weighted by Crippen LogP contribution is 2.33. The van der Waals surface area contributed by atoms with Crippen LogP contribution in [0.15, 0.2) is 90.0 Å². The van der Waals surface area contributed by atoms with Gasteiger partial charge in [-0.3, -0.25) is 9.59 Å². The average molecular weight is 620 g/mol. The van der Waals surface area contributed by atoms with Gasteiger partial charge < -0.3 is 34.8 Å². The monoisotopic (exact) mass is 619 g/mol. The smallest absolute Gasteiger partial charge is 0.334 e. The van der Waals surface area contributed by atoms with E-state index in [-0.39, 0.29) is 63.1 Å². The van der Waals surface area contributed by atoms with Crippen molar-refractivity contribution in [3.8, 4) is 0 Å². The normalized spacial score (nSPS) is 25.5. The van der Waals surface area contributed by atoms with Crippen LogP contribution in [0.4, 0.5) is 4.79 Å². The fraction of sp³-hybridized carbons (Fsp3) is 0.424. The molecule has 1 aromatic rings. The van der Waals surface area contributed by atoms with Crippen LogP contribution in [0.1, 0.15) is 24.8 Å². The van der Waals surface area contributed by atoms with Crippen molar-refractivity contribution >= 4 is 17.8 Å². The highest BCUT2D eigenvalue weighted by atomic mass is 16.5. The van der Waals surface area contributed by atoms with Crippen molar-refractivity contribution in [2.24, 2.45) is 0 Å². The Balaban J connectivity index is 1.50. The first-order chi connectivity index (χ1) is 21.7. The van der Waals surface area contributed by atoms with Crippen molar-refractivity contribution in [2.75, 3.05) is 40.4 Å². The molecular weight excluding hydrogens is 578 g/mol. The maximum absolute atomic E-state index is 14.3. The van der Waals surface area contributed by atoms with Crippen LogP contribution in [-0.4, -0.2) is 113 Å². The van der Waals surface area contributed by atoms with Crippen LogP contribution in [-0.2, 0) is 25.6 Å². The second kappa shape index (κ2) is 14.1. The second-order valence-corrected chi connectivity index (χ2v) is 11.4. The molecule has 2 fully saturated rings. The van der Waals surface area contributed by atoms with Gasteiger partial charge in [-0.2, -0.15) is 0 Å². The van der Waals surface area contributed by atoms with Crippen molar-refractivity contribution in [3.05, 3.63) is 95.5 Å². The number of rotatable bonds is 10. The minimum absolute atomic E-state index is 0.0419. The van der Waals surface area contributed by atoms with Crippen LogP contribution in [0.25, 0.3) is 0 Å². The van der Waals surface area contributed by atoms with E-state index in [1.54, 1.807) is 28.1 Å².